The lowest BCUT2D eigenvalue weighted by molar-refractivity contribution is -0.0356. The number of methoxy groups -OCH3 is 1. The van der Waals surface area contributed by atoms with Crippen LogP contribution in [0.15, 0.2) is 18.2 Å². The highest BCUT2D eigenvalue weighted by Crippen LogP contribution is 2.32. The third-order valence-electron chi connectivity index (χ3n) is 2.33. The molecule has 16 heavy (non-hydrogen) atoms. The molecule has 1 atom stereocenters. The molecular weight excluding hydrogens is 228 g/mol. The number of rotatable bonds is 5. The maximum Gasteiger partial charge on any atom is 0.125 e. The molecule has 1 aromatic carbocycles. The molecule has 0 spiro atoms. The van der Waals surface area contributed by atoms with Crippen LogP contribution >= 0.6 is 11.6 Å². The van der Waals surface area contributed by atoms with Crippen LogP contribution in [0.5, 0.6) is 5.75 Å². The zero-order chi connectivity index (χ0) is 12.2. The minimum Gasteiger partial charge on any atom is -0.496 e. The van der Waals surface area contributed by atoms with Gasteiger partial charge in [0, 0.05) is 17.2 Å². The largest absolute Gasteiger partial charge is 0.496 e. The van der Waals surface area contributed by atoms with Crippen LogP contribution in [-0.2, 0) is 10.3 Å². The van der Waals surface area contributed by atoms with Crippen molar-refractivity contribution in [2.75, 3.05) is 20.3 Å². The molecule has 0 saturated carbocycles. The molecule has 3 nitrogen and oxygen atoms in total. The number of aliphatic hydroxyl groups is 1. The van der Waals surface area contributed by atoms with Crippen molar-refractivity contribution < 1.29 is 14.6 Å². The molecule has 1 rings (SSSR count). The van der Waals surface area contributed by atoms with Gasteiger partial charge in [0.1, 0.15) is 11.4 Å². The predicted molar refractivity (Wildman–Crippen MR) is 64.1 cm³/mol. The molecule has 1 unspecified atom stereocenters. The molecule has 0 aliphatic carbocycles. The summed E-state index contributed by atoms with van der Waals surface area (Å²) in [5.74, 6) is 0.606. The highest BCUT2D eigenvalue weighted by Gasteiger charge is 2.27. The van der Waals surface area contributed by atoms with Crippen LogP contribution < -0.4 is 4.74 Å². The summed E-state index contributed by atoms with van der Waals surface area (Å²) in [7, 11) is 1.56. The van der Waals surface area contributed by atoms with E-state index in [1.165, 1.54) is 0 Å². The van der Waals surface area contributed by atoms with Gasteiger partial charge < -0.3 is 14.6 Å². The van der Waals surface area contributed by atoms with Gasteiger partial charge in [-0.05, 0) is 32.0 Å². The van der Waals surface area contributed by atoms with Gasteiger partial charge in [-0.25, -0.2) is 0 Å². The van der Waals surface area contributed by atoms with Crippen molar-refractivity contribution in [3.05, 3.63) is 28.8 Å². The van der Waals surface area contributed by atoms with E-state index in [0.29, 0.717) is 22.9 Å². The van der Waals surface area contributed by atoms with Crippen molar-refractivity contribution in [3.8, 4) is 5.75 Å². The summed E-state index contributed by atoms with van der Waals surface area (Å²) in [6.45, 7) is 4.32. The quantitative estimate of drug-likeness (QED) is 0.865. The third-order valence-corrected chi connectivity index (χ3v) is 2.56. The molecular formula is C12H17ClO3. The maximum atomic E-state index is 10.3. The van der Waals surface area contributed by atoms with Gasteiger partial charge in [0.25, 0.3) is 0 Å². The lowest BCUT2D eigenvalue weighted by Crippen LogP contribution is -2.28. The zero-order valence-electron chi connectivity index (χ0n) is 9.79. The average molecular weight is 245 g/mol. The molecule has 0 radical (unpaired) electrons. The first-order valence-electron chi connectivity index (χ1n) is 5.15. The fourth-order valence-corrected chi connectivity index (χ4v) is 1.65. The fourth-order valence-electron chi connectivity index (χ4n) is 1.48. The van der Waals surface area contributed by atoms with Crippen molar-refractivity contribution in [2.45, 2.75) is 19.4 Å². The Balaban J connectivity index is 3.04. The number of halogens is 1. The standard InChI is InChI=1S/C12H17ClO3/c1-4-16-8-12(2,14)10-7-9(13)5-6-11(10)15-3/h5-7,14H,4,8H2,1-3H3. The van der Waals surface area contributed by atoms with Crippen molar-refractivity contribution in [1.82, 2.24) is 0 Å². The molecule has 0 fully saturated rings. The summed E-state index contributed by atoms with van der Waals surface area (Å²) in [5, 5.41) is 10.9. The van der Waals surface area contributed by atoms with Crippen LogP contribution in [0.25, 0.3) is 0 Å². The van der Waals surface area contributed by atoms with Crippen LogP contribution in [0.1, 0.15) is 19.4 Å². The first-order chi connectivity index (χ1) is 7.51. The van der Waals surface area contributed by atoms with Gasteiger partial charge in [-0.1, -0.05) is 11.6 Å². The van der Waals surface area contributed by atoms with E-state index >= 15 is 0 Å². The van der Waals surface area contributed by atoms with E-state index in [4.69, 9.17) is 21.1 Å². The van der Waals surface area contributed by atoms with E-state index in [0.717, 1.165) is 0 Å². The Morgan fingerprint density at radius 3 is 2.69 bits per heavy atom. The van der Waals surface area contributed by atoms with Crippen LogP contribution in [0.3, 0.4) is 0 Å². The monoisotopic (exact) mass is 244 g/mol. The molecule has 0 saturated heterocycles. The average Bonchev–Trinajstić information content (AvgIpc) is 2.26. The Morgan fingerprint density at radius 1 is 1.44 bits per heavy atom. The molecule has 1 N–H and O–H groups in total. The SMILES string of the molecule is CCOCC(C)(O)c1cc(Cl)ccc1OC. The molecule has 0 bridgehead atoms. The molecule has 0 aliphatic rings. The maximum absolute atomic E-state index is 10.3. The van der Waals surface area contributed by atoms with E-state index in [9.17, 15) is 5.11 Å². The molecule has 1 aromatic rings. The third kappa shape index (κ3) is 3.11. The number of hydrogen-bond acceptors (Lipinski definition) is 3. The molecule has 0 aromatic heterocycles. The normalized spacial score (nSPS) is 14.6. The van der Waals surface area contributed by atoms with Crippen molar-refractivity contribution in [3.63, 3.8) is 0 Å². The summed E-state index contributed by atoms with van der Waals surface area (Å²) >= 11 is 5.91. The molecule has 90 valence electrons. The topological polar surface area (TPSA) is 38.7 Å². The van der Waals surface area contributed by atoms with E-state index < -0.39 is 5.60 Å². The van der Waals surface area contributed by atoms with Crippen molar-refractivity contribution in [2.24, 2.45) is 0 Å². The second kappa shape index (κ2) is 5.53. The van der Waals surface area contributed by atoms with Gasteiger partial charge in [-0.2, -0.15) is 0 Å². The Morgan fingerprint density at radius 2 is 2.12 bits per heavy atom. The Kier molecular flexibility index (Phi) is 4.59. The van der Waals surface area contributed by atoms with Gasteiger partial charge in [0.2, 0.25) is 0 Å². The summed E-state index contributed by atoms with van der Waals surface area (Å²) in [4.78, 5) is 0. The highest BCUT2D eigenvalue weighted by atomic mass is 35.5. The molecule has 0 heterocycles. The van der Waals surface area contributed by atoms with Gasteiger partial charge >= 0.3 is 0 Å². The van der Waals surface area contributed by atoms with Crippen molar-refractivity contribution >= 4 is 11.6 Å². The minimum absolute atomic E-state index is 0.209. The summed E-state index contributed by atoms with van der Waals surface area (Å²) in [6, 6.07) is 5.15. The van der Waals surface area contributed by atoms with Crippen LogP contribution in [-0.4, -0.2) is 25.4 Å². The van der Waals surface area contributed by atoms with E-state index in [1.807, 2.05) is 6.92 Å². The second-order valence-electron chi connectivity index (χ2n) is 3.76. The lowest BCUT2D eigenvalue weighted by Gasteiger charge is -2.25. The summed E-state index contributed by atoms with van der Waals surface area (Å²) in [6.07, 6.45) is 0. The zero-order valence-corrected chi connectivity index (χ0v) is 10.5. The van der Waals surface area contributed by atoms with Crippen LogP contribution in [0.4, 0.5) is 0 Å². The Bertz CT molecular complexity index is 350. The number of benzene rings is 1. The Hall–Kier alpha value is -0.770. The van der Waals surface area contributed by atoms with Crippen LogP contribution in [0, 0.1) is 0 Å². The van der Waals surface area contributed by atoms with E-state index in [-0.39, 0.29) is 6.61 Å². The lowest BCUT2D eigenvalue weighted by atomic mass is 9.96. The summed E-state index contributed by atoms with van der Waals surface area (Å²) < 4.78 is 10.4. The van der Waals surface area contributed by atoms with Gasteiger partial charge in [-0.3, -0.25) is 0 Å². The second-order valence-corrected chi connectivity index (χ2v) is 4.19. The first-order valence-corrected chi connectivity index (χ1v) is 5.53. The molecule has 4 heteroatoms. The number of ether oxygens (including phenoxy) is 2. The van der Waals surface area contributed by atoms with Crippen molar-refractivity contribution in [1.29, 1.82) is 0 Å². The smallest absolute Gasteiger partial charge is 0.125 e. The Labute approximate surface area is 101 Å². The summed E-state index contributed by atoms with van der Waals surface area (Å²) in [5.41, 5.74) is -0.470. The van der Waals surface area contributed by atoms with Gasteiger partial charge in [0.05, 0.1) is 13.7 Å². The molecule has 0 amide bonds. The predicted octanol–water partition coefficient (Wildman–Crippen LogP) is 2.59. The van der Waals surface area contributed by atoms with E-state index in [2.05, 4.69) is 0 Å². The number of hydrogen-bond donors (Lipinski definition) is 1. The fraction of sp³-hybridized carbons (Fsp3) is 0.500. The minimum atomic E-state index is -1.10. The van der Waals surface area contributed by atoms with E-state index in [1.54, 1.807) is 32.2 Å². The molecule has 0 aliphatic heterocycles. The van der Waals surface area contributed by atoms with Gasteiger partial charge in [0.15, 0.2) is 0 Å². The van der Waals surface area contributed by atoms with Crippen LogP contribution in [0.2, 0.25) is 5.02 Å². The highest BCUT2D eigenvalue weighted by molar-refractivity contribution is 6.30. The first kappa shape index (κ1) is 13.3. The van der Waals surface area contributed by atoms with Gasteiger partial charge in [-0.15, -0.1) is 0 Å².